The molecule has 0 aromatic carbocycles. The van der Waals surface area contributed by atoms with Gasteiger partial charge in [-0.05, 0) is 22.0 Å². The highest BCUT2D eigenvalue weighted by Gasteiger charge is 2.04. The summed E-state index contributed by atoms with van der Waals surface area (Å²) in [5.41, 5.74) is 0. The molecule has 0 amide bonds. The summed E-state index contributed by atoms with van der Waals surface area (Å²) < 4.78 is 3.70. The molecule has 0 bridgehead atoms. The van der Waals surface area contributed by atoms with Crippen LogP contribution in [-0.4, -0.2) is 21.3 Å². The molecule has 92 valence electrons. The van der Waals surface area contributed by atoms with E-state index in [1.807, 2.05) is 17.7 Å². The van der Waals surface area contributed by atoms with Gasteiger partial charge in [0, 0.05) is 35.9 Å². The summed E-state index contributed by atoms with van der Waals surface area (Å²) in [6.45, 7) is 1.70. The normalized spacial score (nSPS) is 11.0. The summed E-state index contributed by atoms with van der Waals surface area (Å²) in [6, 6.07) is 2.04. The first kappa shape index (κ1) is 13.0. The fourth-order valence-corrected chi connectivity index (χ4v) is 3.18. The number of thiophene rings is 1. The van der Waals surface area contributed by atoms with Crippen molar-refractivity contribution in [2.75, 3.05) is 6.54 Å². The van der Waals surface area contributed by atoms with Gasteiger partial charge in [-0.2, -0.15) is 0 Å². The molecule has 1 N–H and O–H groups in total. The second-order valence-corrected chi connectivity index (χ2v) is 6.21. The van der Waals surface area contributed by atoms with Gasteiger partial charge in [0.2, 0.25) is 0 Å². The Hall–Kier alpha value is -0.430. The molecule has 0 unspecified atom stereocenters. The van der Waals surface area contributed by atoms with Crippen LogP contribution in [0.2, 0.25) is 4.34 Å². The maximum Gasteiger partial charge on any atom is 0.133 e. The lowest BCUT2D eigenvalue weighted by Gasteiger charge is -2.02. The number of aromatic nitrogens is 3. The van der Waals surface area contributed by atoms with Gasteiger partial charge in [0.1, 0.15) is 16.5 Å². The molecule has 7 heteroatoms. The smallest absolute Gasteiger partial charge is 0.133 e. The highest BCUT2D eigenvalue weighted by Crippen LogP contribution is 2.31. The molecule has 17 heavy (non-hydrogen) atoms. The third-order valence-corrected chi connectivity index (χ3v) is 4.80. The van der Waals surface area contributed by atoms with E-state index < -0.39 is 0 Å². The first-order chi connectivity index (χ1) is 8.16. The number of rotatable bonds is 5. The third-order valence-electron chi connectivity index (χ3n) is 2.33. The van der Waals surface area contributed by atoms with Crippen molar-refractivity contribution in [1.29, 1.82) is 0 Å². The van der Waals surface area contributed by atoms with Gasteiger partial charge in [-0.25, -0.2) is 0 Å². The van der Waals surface area contributed by atoms with E-state index in [0.717, 1.165) is 34.1 Å². The minimum absolute atomic E-state index is 0.801. The molecule has 0 atom stereocenters. The van der Waals surface area contributed by atoms with E-state index in [4.69, 9.17) is 11.6 Å². The van der Waals surface area contributed by atoms with Crippen LogP contribution in [0.3, 0.4) is 0 Å². The van der Waals surface area contributed by atoms with Crippen molar-refractivity contribution in [2.45, 2.75) is 13.0 Å². The molecule has 2 aromatic heterocycles. The van der Waals surface area contributed by atoms with Gasteiger partial charge in [0.25, 0.3) is 0 Å². The molecule has 0 fully saturated rings. The number of halogens is 2. The Balaban J connectivity index is 1.75. The highest BCUT2D eigenvalue weighted by molar-refractivity contribution is 9.10. The van der Waals surface area contributed by atoms with Crippen molar-refractivity contribution in [1.82, 2.24) is 20.1 Å². The summed E-state index contributed by atoms with van der Waals surface area (Å²) in [5.74, 6) is 0.989. The Morgan fingerprint density at radius 2 is 2.41 bits per heavy atom. The van der Waals surface area contributed by atoms with Crippen LogP contribution in [-0.2, 0) is 20.0 Å². The van der Waals surface area contributed by atoms with E-state index in [1.54, 1.807) is 17.7 Å². The van der Waals surface area contributed by atoms with Crippen LogP contribution >= 0.6 is 38.9 Å². The molecular weight excluding hydrogens is 324 g/mol. The lowest BCUT2D eigenvalue weighted by atomic mass is 10.4. The van der Waals surface area contributed by atoms with E-state index in [2.05, 4.69) is 31.4 Å². The Morgan fingerprint density at radius 3 is 3.00 bits per heavy atom. The van der Waals surface area contributed by atoms with E-state index in [1.165, 1.54) is 4.88 Å². The third kappa shape index (κ3) is 3.51. The summed E-state index contributed by atoms with van der Waals surface area (Å²) in [5, 5.41) is 11.2. The molecule has 0 saturated carbocycles. The van der Waals surface area contributed by atoms with Gasteiger partial charge in [0.05, 0.1) is 0 Å². The lowest BCUT2D eigenvalue weighted by molar-refractivity contribution is 0.658. The van der Waals surface area contributed by atoms with E-state index in [-0.39, 0.29) is 0 Å². The fourth-order valence-electron chi connectivity index (χ4n) is 1.42. The van der Waals surface area contributed by atoms with Crippen molar-refractivity contribution in [3.05, 3.63) is 31.9 Å². The standard InChI is InChI=1S/C10H12BrClN4S/c1-16-6-14-15-9(16)2-3-13-5-7-4-8(11)10(12)17-7/h4,6,13H,2-3,5H2,1H3. The second kappa shape index (κ2) is 5.95. The number of hydrogen-bond acceptors (Lipinski definition) is 4. The molecule has 0 saturated heterocycles. The van der Waals surface area contributed by atoms with Crippen molar-refractivity contribution in [2.24, 2.45) is 7.05 Å². The zero-order valence-electron chi connectivity index (χ0n) is 9.28. The molecule has 2 heterocycles. The Bertz CT molecular complexity index is 477. The molecule has 2 aromatic rings. The second-order valence-electron chi connectivity index (χ2n) is 3.62. The van der Waals surface area contributed by atoms with Crippen molar-refractivity contribution in [3.8, 4) is 0 Å². The quantitative estimate of drug-likeness (QED) is 0.854. The molecular formula is C10H12BrClN4S. The summed E-state index contributed by atoms with van der Waals surface area (Å²) in [7, 11) is 1.95. The van der Waals surface area contributed by atoms with Gasteiger partial charge >= 0.3 is 0 Å². The Labute approximate surface area is 117 Å². The van der Waals surface area contributed by atoms with Crippen LogP contribution in [0.4, 0.5) is 0 Å². The molecule has 2 rings (SSSR count). The number of aryl methyl sites for hydroxylation is 1. The molecule has 0 spiro atoms. The summed E-state index contributed by atoms with van der Waals surface area (Å²) >= 11 is 10.9. The minimum Gasteiger partial charge on any atom is -0.321 e. The van der Waals surface area contributed by atoms with Gasteiger partial charge in [-0.1, -0.05) is 11.6 Å². The zero-order chi connectivity index (χ0) is 12.3. The summed E-state index contributed by atoms with van der Waals surface area (Å²) in [6.07, 6.45) is 2.59. The van der Waals surface area contributed by atoms with Crippen molar-refractivity contribution < 1.29 is 0 Å². The summed E-state index contributed by atoms with van der Waals surface area (Å²) in [4.78, 5) is 1.22. The van der Waals surface area contributed by atoms with Gasteiger partial charge in [-0.3, -0.25) is 0 Å². The first-order valence-corrected chi connectivity index (χ1v) is 7.13. The van der Waals surface area contributed by atoms with E-state index >= 15 is 0 Å². The Morgan fingerprint density at radius 1 is 1.59 bits per heavy atom. The average Bonchev–Trinajstić information content (AvgIpc) is 2.82. The molecule has 0 aliphatic rings. The maximum absolute atomic E-state index is 5.97. The highest BCUT2D eigenvalue weighted by atomic mass is 79.9. The van der Waals surface area contributed by atoms with E-state index in [0.29, 0.717) is 0 Å². The van der Waals surface area contributed by atoms with E-state index in [9.17, 15) is 0 Å². The van der Waals surface area contributed by atoms with Gasteiger partial charge in [-0.15, -0.1) is 21.5 Å². The largest absolute Gasteiger partial charge is 0.321 e. The topological polar surface area (TPSA) is 42.7 Å². The predicted octanol–water partition coefficient (Wildman–Crippen LogP) is 2.62. The monoisotopic (exact) mass is 334 g/mol. The minimum atomic E-state index is 0.801. The van der Waals surface area contributed by atoms with Crippen molar-refractivity contribution >= 4 is 38.9 Å². The van der Waals surface area contributed by atoms with Crippen molar-refractivity contribution in [3.63, 3.8) is 0 Å². The SMILES string of the molecule is Cn1cnnc1CCNCc1cc(Br)c(Cl)s1. The van der Waals surface area contributed by atoms with Crippen LogP contribution in [0.15, 0.2) is 16.9 Å². The fraction of sp³-hybridized carbons (Fsp3) is 0.400. The van der Waals surface area contributed by atoms with Crippen LogP contribution in [0.25, 0.3) is 0 Å². The zero-order valence-corrected chi connectivity index (χ0v) is 12.4. The van der Waals surface area contributed by atoms with Gasteiger partial charge < -0.3 is 9.88 Å². The average molecular weight is 336 g/mol. The predicted molar refractivity (Wildman–Crippen MR) is 73.4 cm³/mol. The van der Waals surface area contributed by atoms with Gasteiger partial charge in [0.15, 0.2) is 0 Å². The van der Waals surface area contributed by atoms with Crippen LogP contribution in [0, 0.1) is 0 Å². The first-order valence-electron chi connectivity index (χ1n) is 5.14. The molecule has 0 radical (unpaired) electrons. The number of nitrogens with zero attached hydrogens (tertiary/aromatic N) is 3. The van der Waals surface area contributed by atoms with Crippen LogP contribution < -0.4 is 5.32 Å². The van der Waals surface area contributed by atoms with Crippen LogP contribution in [0.5, 0.6) is 0 Å². The number of hydrogen-bond donors (Lipinski definition) is 1. The maximum atomic E-state index is 5.97. The Kier molecular flexibility index (Phi) is 4.55. The molecule has 4 nitrogen and oxygen atoms in total. The number of nitrogens with one attached hydrogen (secondary N) is 1. The van der Waals surface area contributed by atoms with Crippen LogP contribution in [0.1, 0.15) is 10.7 Å². The molecule has 0 aliphatic heterocycles. The molecule has 0 aliphatic carbocycles. The lowest BCUT2D eigenvalue weighted by Crippen LogP contribution is -2.17.